The number of hydrogen-bond acceptors (Lipinski definition) is 4. The van der Waals surface area contributed by atoms with Crippen molar-refractivity contribution in [2.45, 2.75) is 49.4 Å². The van der Waals surface area contributed by atoms with Crippen LogP contribution in [0.5, 0.6) is 0 Å². The van der Waals surface area contributed by atoms with Gasteiger partial charge in [0.25, 0.3) is 0 Å². The van der Waals surface area contributed by atoms with E-state index in [9.17, 15) is 13.5 Å². The summed E-state index contributed by atoms with van der Waals surface area (Å²) >= 11 is 0. The third-order valence-corrected chi connectivity index (χ3v) is 8.90. The Bertz CT molecular complexity index is 992. The Hall–Kier alpha value is -1.80. The molecular weight excluding hydrogens is 405 g/mol. The van der Waals surface area contributed by atoms with E-state index in [1.165, 1.54) is 10.4 Å². The van der Waals surface area contributed by atoms with Crippen molar-refractivity contribution in [3.8, 4) is 0 Å². The Morgan fingerprint density at radius 3 is 2.50 bits per heavy atom. The van der Waals surface area contributed by atoms with Crippen molar-refractivity contribution in [3.63, 3.8) is 0 Å². The molecule has 162 valence electrons. The predicted octanol–water partition coefficient (Wildman–Crippen LogP) is 3.53. The van der Waals surface area contributed by atoms with Crippen LogP contribution in [-0.4, -0.2) is 43.7 Å². The van der Waals surface area contributed by atoms with Gasteiger partial charge in [0.1, 0.15) is 11.1 Å². The van der Waals surface area contributed by atoms with Gasteiger partial charge >= 0.3 is 0 Å². The molecule has 2 fully saturated rings. The molecule has 0 aromatic heterocycles. The van der Waals surface area contributed by atoms with Gasteiger partial charge in [-0.05, 0) is 43.4 Å². The van der Waals surface area contributed by atoms with Crippen LogP contribution in [0.4, 0.5) is 4.39 Å². The fourth-order valence-corrected chi connectivity index (χ4v) is 6.73. The highest BCUT2D eigenvalue weighted by molar-refractivity contribution is 7.89. The molecule has 30 heavy (non-hydrogen) atoms. The normalized spacial score (nSPS) is 25.6. The molecule has 2 aromatic rings. The van der Waals surface area contributed by atoms with Crippen LogP contribution in [0, 0.1) is 5.82 Å². The standard InChI is InChI=1S/C23H28FNO4S/c1-17-7-10-22(18-5-3-2-4-6-18)30(27,28)25(17)14-19-8-9-20(13-21(19)24)23(11-12-26)15-29-16-23/h2-6,8-9,13,17,22,26H,7,10-12,14-16H2,1H3/t17-,22+/m0/s1. The second-order valence-electron chi connectivity index (χ2n) is 8.47. The molecule has 4 rings (SSSR count). The predicted molar refractivity (Wildman–Crippen MR) is 113 cm³/mol. The van der Waals surface area contributed by atoms with Gasteiger partial charge in [-0.15, -0.1) is 0 Å². The van der Waals surface area contributed by atoms with E-state index in [4.69, 9.17) is 4.74 Å². The maximum absolute atomic E-state index is 15.0. The third kappa shape index (κ3) is 3.80. The van der Waals surface area contributed by atoms with Gasteiger partial charge in [0.15, 0.2) is 0 Å². The van der Waals surface area contributed by atoms with Gasteiger partial charge in [-0.1, -0.05) is 42.5 Å². The van der Waals surface area contributed by atoms with Crippen molar-refractivity contribution in [1.82, 2.24) is 4.31 Å². The topological polar surface area (TPSA) is 66.8 Å². The van der Waals surface area contributed by atoms with Gasteiger partial charge in [-0.25, -0.2) is 12.8 Å². The molecule has 0 spiro atoms. The highest BCUT2D eigenvalue weighted by Gasteiger charge is 2.42. The first kappa shape index (κ1) is 21.4. The summed E-state index contributed by atoms with van der Waals surface area (Å²) in [4.78, 5) is 0. The van der Waals surface area contributed by atoms with E-state index < -0.39 is 21.1 Å². The van der Waals surface area contributed by atoms with Crippen molar-refractivity contribution < 1.29 is 22.7 Å². The van der Waals surface area contributed by atoms with E-state index >= 15 is 4.39 Å². The molecular formula is C23H28FNO4S. The van der Waals surface area contributed by atoms with Crippen molar-refractivity contribution in [2.24, 2.45) is 0 Å². The van der Waals surface area contributed by atoms with Gasteiger partial charge in [0.05, 0.1) is 13.2 Å². The smallest absolute Gasteiger partial charge is 0.221 e. The maximum Gasteiger partial charge on any atom is 0.221 e. The van der Waals surface area contributed by atoms with Gasteiger partial charge < -0.3 is 9.84 Å². The molecule has 1 N–H and O–H groups in total. The van der Waals surface area contributed by atoms with Crippen LogP contribution >= 0.6 is 0 Å². The Labute approximate surface area is 177 Å². The lowest BCUT2D eigenvalue weighted by Crippen LogP contribution is -2.47. The summed E-state index contributed by atoms with van der Waals surface area (Å²) in [6, 6.07) is 14.0. The van der Waals surface area contributed by atoms with Crippen molar-refractivity contribution in [2.75, 3.05) is 19.8 Å². The number of halogens is 1. The lowest BCUT2D eigenvalue weighted by atomic mass is 9.76. The molecule has 7 heteroatoms. The minimum atomic E-state index is -3.61. The second-order valence-corrected chi connectivity index (χ2v) is 10.5. The highest BCUT2D eigenvalue weighted by Crippen LogP contribution is 2.39. The Balaban J connectivity index is 1.59. The molecule has 0 unspecified atom stereocenters. The number of rotatable bonds is 6. The summed E-state index contributed by atoms with van der Waals surface area (Å²) in [5.74, 6) is -0.416. The summed E-state index contributed by atoms with van der Waals surface area (Å²) in [7, 11) is -3.61. The van der Waals surface area contributed by atoms with Crippen LogP contribution < -0.4 is 0 Å². The molecule has 0 aliphatic carbocycles. The Kier molecular flexibility index (Phi) is 5.99. The Morgan fingerprint density at radius 2 is 1.90 bits per heavy atom. The molecule has 0 saturated carbocycles. The van der Waals surface area contributed by atoms with Gasteiger partial charge in [-0.2, -0.15) is 4.31 Å². The zero-order valence-corrected chi connectivity index (χ0v) is 17.9. The first-order valence-electron chi connectivity index (χ1n) is 10.4. The van der Waals surface area contributed by atoms with Crippen molar-refractivity contribution >= 4 is 10.0 Å². The number of benzene rings is 2. The molecule has 0 amide bonds. The number of ether oxygens (including phenoxy) is 1. The molecule has 2 atom stereocenters. The van der Waals surface area contributed by atoms with Crippen molar-refractivity contribution in [3.05, 3.63) is 71.0 Å². The molecule has 2 aliphatic heterocycles. The zero-order valence-electron chi connectivity index (χ0n) is 17.1. The third-order valence-electron chi connectivity index (χ3n) is 6.53. The lowest BCUT2D eigenvalue weighted by Gasteiger charge is -2.42. The number of nitrogens with zero attached hydrogens (tertiary/aromatic N) is 1. The average Bonchev–Trinajstić information content (AvgIpc) is 2.69. The largest absolute Gasteiger partial charge is 0.396 e. The monoisotopic (exact) mass is 433 g/mol. The SMILES string of the molecule is C[C@H]1CC[C@H](c2ccccc2)S(=O)(=O)N1Cc1ccc(C2(CCO)COC2)cc1F. The summed E-state index contributed by atoms with van der Waals surface area (Å²) < 4.78 is 48.5. The van der Waals surface area contributed by atoms with E-state index in [1.54, 1.807) is 6.07 Å². The molecule has 2 saturated heterocycles. The van der Waals surface area contributed by atoms with Crippen LogP contribution in [0.3, 0.4) is 0 Å². The van der Waals surface area contributed by atoms with Crippen LogP contribution in [-0.2, 0) is 26.7 Å². The minimum absolute atomic E-state index is 0.0111. The first-order valence-corrected chi connectivity index (χ1v) is 11.9. The van der Waals surface area contributed by atoms with Gasteiger partial charge in [-0.3, -0.25) is 0 Å². The maximum atomic E-state index is 15.0. The average molecular weight is 434 g/mol. The van der Waals surface area contributed by atoms with Crippen LogP contribution in [0.1, 0.15) is 48.1 Å². The number of sulfonamides is 1. The van der Waals surface area contributed by atoms with Gasteiger partial charge in [0, 0.05) is 30.2 Å². The highest BCUT2D eigenvalue weighted by atomic mass is 32.2. The summed E-state index contributed by atoms with van der Waals surface area (Å²) in [5, 5.41) is 8.75. The van der Waals surface area contributed by atoms with E-state index in [-0.39, 0.29) is 24.6 Å². The van der Waals surface area contributed by atoms with E-state index in [1.807, 2.05) is 43.3 Å². The fourth-order valence-electron chi connectivity index (χ4n) is 4.54. The molecule has 2 heterocycles. The van der Waals surface area contributed by atoms with E-state index in [0.717, 1.165) is 17.5 Å². The molecule has 0 bridgehead atoms. The quantitative estimate of drug-likeness (QED) is 0.757. The summed E-state index contributed by atoms with van der Waals surface area (Å²) in [6.45, 7) is 2.83. The number of hydrogen-bond donors (Lipinski definition) is 1. The zero-order chi connectivity index (χ0) is 21.4. The molecule has 2 aromatic carbocycles. The second kappa shape index (κ2) is 8.38. The summed E-state index contributed by atoms with van der Waals surface area (Å²) in [5.41, 5.74) is 1.58. The van der Waals surface area contributed by atoms with Gasteiger partial charge in [0.2, 0.25) is 10.0 Å². The first-order chi connectivity index (χ1) is 14.4. The number of aliphatic hydroxyl groups is 1. The molecule has 0 radical (unpaired) electrons. The molecule has 5 nitrogen and oxygen atoms in total. The van der Waals surface area contributed by atoms with Crippen LogP contribution in [0.25, 0.3) is 0 Å². The van der Waals surface area contributed by atoms with E-state index in [0.29, 0.717) is 31.6 Å². The lowest BCUT2D eigenvalue weighted by molar-refractivity contribution is -0.0702. The van der Waals surface area contributed by atoms with Crippen LogP contribution in [0.2, 0.25) is 0 Å². The van der Waals surface area contributed by atoms with Crippen molar-refractivity contribution in [1.29, 1.82) is 0 Å². The van der Waals surface area contributed by atoms with Crippen LogP contribution in [0.15, 0.2) is 48.5 Å². The fraction of sp³-hybridized carbons (Fsp3) is 0.478. The van der Waals surface area contributed by atoms with E-state index in [2.05, 4.69) is 0 Å². The Morgan fingerprint density at radius 1 is 1.17 bits per heavy atom. The number of aliphatic hydroxyl groups excluding tert-OH is 1. The summed E-state index contributed by atoms with van der Waals surface area (Å²) in [6.07, 6.45) is 1.81. The minimum Gasteiger partial charge on any atom is -0.396 e. The molecule has 2 aliphatic rings.